The second kappa shape index (κ2) is 5.78. The topological polar surface area (TPSA) is 32.3 Å². The van der Waals surface area contributed by atoms with Gasteiger partial charge in [-0.3, -0.25) is 0 Å². The Balaban J connectivity index is 1.95. The minimum absolute atomic E-state index is 0.324. The number of fused-ring (bicyclic) bond motifs is 1. The van der Waals surface area contributed by atoms with Gasteiger partial charge in [-0.2, -0.15) is 0 Å². The molecule has 0 spiro atoms. The number of hydrogen-bond donors (Lipinski definition) is 2. The van der Waals surface area contributed by atoms with Gasteiger partial charge in [0.05, 0.1) is 0 Å². The lowest BCUT2D eigenvalue weighted by atomic mass is 10.0. The fraction of sp³-hybridized carbons (Fsp3) is 0.111. The van der Waals surface area contributed by atoms with Crippen LogP contribution in [-0.2, 0) is 6.54 Å². The van der Waals surface area contributed by atoms with Gasteiger partial charge >= 0.3 is 0 Å². The number of rotatable bonds is 3. The summed E-state index contributed by atoms with van der Waals surface area (Å²) in [5.74, 6) is 0.324. The largest absolute Gasteiger partial charge is 0.508 e. The predicted octanol–water partition coefficient (Wildman–Crippen LogP) is 5.23. The third-order valence-electron chi connectivity index (χ3n) is 3.59. The van der Waals surface area contributed by atoms with Crippen molar-refractivity contribution < 1.29 is 5.11 Å². The van der Waals surface area contributed by atoms with Crippen molar-refractivity contribution in [1.82, 2.24) is 0 Å². The number of hydrogen-bond acceptors (Lipinski definition) is 2. The van der Waals surface area contributed by atoms with Crippen molar-refractivity contribution in [3.05, 3.63) is 70.2 Å². The molecule has 0 heterocycles. The van der Waals surface area contributed by atoms with Crippen LogP contribution >= 0.6 is 15.9 Å². The SMILES string of the molecule is Cc1ccc(Br)c(NCc2c(O)ccc3ccccc23)c1. The van der Waals surface area contributed by atoms with E-state index in [4.69, 9.17) is 0 Å². The summed E-state index contributed by atoms with van der Waals surface area (Å²) in [6.07, 6.45) is 0. The van der Waals surface area contributed by atoms with Crippen LogP contribution in [0.2, 0.25) is 0 Å². The van der Waals surface area contributed by atoms with Gasteiger partial charge in [0, 0.05) is 22.3 Å². The number of halogens is 1. The smallest absolute Gasteiger partial charge is 0.121 e. The van der Waals surface area contributed by atoms with Crippen molar-refractivity contribution in [3.63, 3.8) is 0 Å². The first-order chi connectivity index (χ1) is 10.1. The fourth-order valence-corrected chi connectivity index (χ4v) is 2.86. The minimum atomic E-state index is 0.324. The molecule has 0 atom stereocenters. The van der Waals surface area contributed by atoms with Crippen LogP contribution in [0.15, 0.2) is 59.1 Å². The van der Waals surface area contributed by atoms with Crippen molar-refractivity contribution in [2.45, 2.75) is 13.5 Å². The van der Waals surface area contributed by atoms with Crippen LogP contribution in [0.5, 0.6) is 5.75 Å². The van der Waals surface area contributed by atoms with Crippen molar-refractivity contribution in [1.29, 1.82) is 0 Å². The highest BCUT2D eigenvalue weighted by Gasteiger charge is 2.07. The van der Waals surface area contributed by atoms with Crippen LogP contribution in [-0.4, -0.2) is 5.11 Å². The third-order valence-corrected chi connectivity index (χ3v) is 4.28. The van der Waals surface area contributed by atoms with Gasteiger partial charge in [0.2, 0.25) is 0 Å². The van der Waals surface area contributed by atoms with Crippen LogP contribution < -0.4 is 5.32 Å². The van der Waals surface area contributed by atoms with Crippen LogP contribution in [0.25, 0.3) is 10.8 Å². The number of phenolic OH excluding ortho intramolecular Hbond substituents is 1. The van der Waals surface area contributed by atoms with Crippen molar-refractivity contribution in [2.24, 2.45) is 0 Å². The lowest BCUT2D eigenvalue weighted by Gasteiger charge is -2.13. The second-order valence-electron chi connectivity index (χ2n) is 5.12. The van der Waals surface area contributed by atoms with Crippen LogP contribution in [0, 0.1) is 6.92 Å². The highest BCUT2D eigenvalue weighted by atomic mass is 79.9. The molecule has 106 valence electrons. The summed E-state index contributed by atoms with van der Waals surface area (Å²) in [6.45, 7) is 2.64. The van der Waals surface area contributed by atoms with Gasteiger partial charge in [-0.05, 0) is 57.4 Å². The van der Waals surface area contributed by atoms with E-state index in [1.54, 1.807) is 6.07 Å². The zero-order valence-corrected chi connectivity index (χ0v) is 13.3. The molecule has 0 aliphatic carbocycles. The average molecular weight is 342 g/mol. The Bertz CT molecular complexity index is 798. The number of benzene rings is 3. The number of aromatic hydroxyl groups is 1. The standard InChI is InChI=1S/C18H16BrNO/c1-12-6-8-16(19)17(10-12)20-11-15-14-5-3-2-4-13(14)7-9-18(15)21/h2-10,20-21H,11H2,1H3. The molecular weight excluding hydrogens is 326 g/mol. The molecule has 0 saturated carbocycles. The lowest BCUT2D eigenvalue weighted by molar-refractivity contribution is 0.470. The molecule has 3 aromatic rings. The number of nitrogens with one attached hydrogen (secondary N) is 1. The van der Waals surface area contributed by atoms with E-state index in [0.717, 1.165) is 26.5 Å². The van der Waals surface area contributed by atoms with Gasteiger partial charge in [0.25, 0.3) is 0 Å². The maximum Gasteiger partial charge on any atom is 0.121 e. The summed E-state index contributed by atoms with van der Waals surface area (Å²) in [4.78, 5) is 0. The first-order valence-electron chi connectivity index (χ1n) is 6.85. The lowest BCUT2D eigenvalue weighted by Crippen LogP contribution is -2.01. The van der Waals surface area contributed by atoms with Crippen LogP contribution in [0.1, 0.15) is 11.1 Å². The zero-order valence-electron chi connectivity index (χ0n) is 11.7. The maximum absolute atomic E-state index is 10.2. The van der Waals surface area contributed by atoms with Gasteiger partial charge in [0.1, 0.15) is 5.75 Å². The molecular formula is C18H16BrNO. The van der Waals surface area contributed by atoms with E-state index in [1.807, 2.05) is 30.3 Å². The number of aryl methyl sites for hydroxylation is 1. The monoisotopic (exact) mass is 341 g/mol. The molecule has 2 nitrogen and oxygen atoms in total. The molecule has 3 heteroatoms. The van der Waals surface area contributed by atoms with Crippen LogP contribution in [0.3, 0.4) is 0 Å². The van der Waals surface area contributed by atoms with E-state index in [-0.39, 0.29) is 0 Å². The Hall–Kier alpha value is -2.00. The van der Waals surface area contributed by atoms with E-state index in [9.17, 15) is 5.11 Å². The minimum Gasteiger partial charge on any atom is -0.508 e. The molecule has 0 saturated heterocycles. The molecule has 0 bridgehead atoms. The summed E-state index contributed by atoms with van der Waals surface area (Å²) < 4.78 is 1.02. The van der Waals surface area contributed by atoms with Gasteiger partial charge < -0.3 is 10.4 Å². The molecule has 0 fully saturated rings. The third kappa shape index (κ3) is 2.88. The molecule has 0 radical (unpaired) electrons. The Labute approximate surface area is 132 Å². The van der Waals surface area contributed by atoms with Crippen LogP contribution in [0.4, 0.5) is 5.69 Å². The van der Waals surface area contributed by atoms with Gasteiger partial charge in [0.15, 0.2) is 0 Å². The van der Waals surface area contributed by atoms with E-state index in [1.165, 1.54) is 5.56 Å². The van der Waals surface area contributed by atoms with Crippen molar-refractivity contribution >= 4 is 32.4 Å². The van der Waals surface area contributed by atoms with Gasteiger partial charge in [-0.1, -0.05) is 36.4 Å². The molecule has 0 aromatic heterocycles. The quantitative estimate of drug-likeness (QED) is 0.683. The Morgan fingerprint density at radius 3 is 2.71 bits per heavy atom. The van der Waals surface area contributed by atoms with Crippen molar-refractivity contribution in [3.8, 4) is 5.75 Å². The Morgan fingerprint density at radius 1 is 1.05 bits per heavy atom. The Morgan fingerprint density at radius 2 is 1.86 bits per heavy atom. The van der Waals surface area contributed by atoms with Crippen molar-refractivity contribution in [2.75, 3.05) is 5.32 Å². The summed E-state index contributed by atoms with van der Waals surface area (Å²) in [5.41, 5.74) is 3.15. The maximum atomic E-state index is 10.2. The first kappa shape index (κ1) is 14.0. The van der Waals surface area contributed by atoms with E-state index in [0.29, 0.717) is 12.3 Å². The first-order valence-corrected chi connectivity index (χ1v) is 7.64. The molecule has 2 N–H and O–H groups in total. The molecule has 0 unspecified atom stereocenters. The molecule has 3 rings (SSSR count). The average Bonchev–Trinajstić information content (AvgIpc) is 2.49. The highest BCUT2D eigenvalue weighted by Crippen LogP contribution is 2.29. The molecule has 0 aliphatic rings. The molecule has 21 heavy (non-hydrogen) atoms. The van der Waals surface area contributed by atoms with Gasteiger partial charge in [-0.15, -0.1) is 0 Å². The normalized spacial score (nSPS) is 10.8. The predicted molar refractivity (Wildman–Crippen MR) is 91.8 cm³/mol. The molecule has 0 amide bonds. The molecule has 3 aromatic carbocycles. The summed E-state index contributed by atoms with van der Waals surface area (Å²) >= 11 is 3.55. The van der Waals surface area contributed by atoms with E-state index < -0.39 is 0 Å². The summed E-state index contributed by atoms with van der Waals surface area (Å²) in [7, 11) is 0. The van der Waals surface area contributed by atoms with E-state index in [2.05, 4.69) is 46.4 Å². The summed E-state index contributed by atoms with van der Waals surface area (Å²) in [6, 6.07) is 18.0. The second-order valence-corrected chi connectivity index (χ2v) is 5.98. The zero-order chi connectivity index (χ0) is 14.8. The number of anilines is 1. The Kier molecular flexibility index (Phi) is 3.84. The number of phenols is 1. The molecule has 0 aliphatic heterocycles. The fourth-order valence-electron chi connectivity index (χ4n) is 2.47. The van der Waals surface area contributed by atoms with Gasteiger partial charge in [-0.25, -0.2) is 0 Å². The highest BCUT2D eigenvalue weighted by molar-refractivity contribution is 9.10. The van der Waals surface area contributed by atoms with E-state index >= 15 is 0 Å². The summed E-state index contributed by atoms with van der Waals surface area (Å²) in [5, 5.41) is 15.8.